The fourth-order valence-electron chi connectivity index (χ4n) is 4.55. The van der Waals surface area contributed by atoms with Crippen LogP contribution in [0.5, 0.6) is 0 Å². The van der Waals surface area contributed by atoms with Crippen LogP contribution in [0.3, 0.4) is 0 Å². The summed E-state index contributed by atoms with van der Waals surface area (Å²) < 4.78 is 0. The molecule has 2 fully saturated rings. The van der Waals surface area contributed by atoms with E-state index in [-0.39, 0.29) is 5.95 Å². The summed E-state index contributed by atoms with van der Waals surface area (Å²) >= 11 is 0. The second-order valence-electron chi connectivity index (χ2n) is 7.35. The molecule has 2 aliphatic rings. The third-order valence-electron chi connectivity index (χ3n) is 5.86. The zero-order chi connectivity index (χ0) is 16.1. The zero-order valence-electron chi connectivity index (χ0n) is 14.0. The van der Waals surface area contributed by atoms with Crippen LogP contribution in [0.2, 0.25) is 0 Å². The van der Waals surface area contributed by atoms with Crippen molar-refractivity contribution in [3.63, 3.8) is 0 Å². The number of aromatic amines is 1. The average Bonchev–Trinajstić information content (AvgIpc) is 3.18. The SMILES string of the molecule is CN(C)C1C[C@@H]2CC(N(C)c3nc(N)nc4nc[nH]c34)C[C@@H]2C1. The number of aromatic nitrogens is 4. The average molecular weight is 315 g/mol. The van der Waals surface area contributed by atoms with Crippen molar-refractivity contribution in [2.24, 2.45) is 11.8 Å². The predicted octanol–water partition coefficient (Wildman–Crippen LogP) is 1.49. The van der Waals surface area contributed by atoms with Gasteiger partial charge in [0.05, 0.1) is 6.33 Å². The molecule has 23 heavy (non-hydrogen) atoms. The van der Waals surface area contributed by atoms with Crippen LogP contribution in [0.1, 0.15) is 25.7 Å². The van der Waals surface area contributed by atoms with Crippen molar-refractivity contribution in [1.82, 2.24) is 24.8 Å². The Morgan fingerprint density at radius 3 is 2.35 bits per heavy atom. The fourth-order valence-corrected chi connectivity index (χ4v) is 4.55. The summed E-state index contributed by atoms with van der Waals surface area (Å²) in [6, 6.07) is 1.28. The molecule has 2 heterocycles. The summed E-state index contributed by atoms with van der Waals surface area (Å²) in [4.78, 5) is 20.7. The molecular formula is C16H25N7. The monoisotopic (exact) mass is 315 g/mol. The lowest BCUT2D eigenvalue weighted by molar-refractivity contribution is 0.281. The van der Waals surface area contributed by atoms with Crippen molar-refractivity contribution in [1.29, 1.82) is 0 Å². The van der Waals surface area contributed by atoms with Gasteiger partial charge < -0.3 is 20.5 Å². The first kappa shape index (κ1) is 14.7. The lowest BCUT2D eigenvalue weighted by Gasteiger charge is -2.28. The minimum Gasteiger partial charge on any atom is -0.368 e. The maximum atomic E-state index is 5.86. The first-order chi connectivity index (χ1) is 11.0. The summed E-state index contributed by atoms with van der Waals surface area (Å²) in [5.74, 6) is 2.84. The number of nitrogen functional groups attached to an aromatic ring is 1. The van der Waals surface area contributed by atoms with E-state index in [1.807, 2.05) is 0 Å². The Morgan fingerprint density at radius 1 is 1.04 bits per heavy atom. The smallest absolute Gasteiger partial charge is 0.224 e. The first-order valence-corrected chi connectivity index (χ1v) is 8.38. The van der Waals surface area contributed by atoms with E-state index in [0.717, 1.165) is 29.2 Å². The van der Waals surface area contributed by atoms with Gasteiger partial charge in [-0.25, -0.2) is 4.98 Å². The number of fused-ring (bicyclic) bond motifs is 2. The molecule has 7 heteroatoms. The van der Waals surface area contributed by atoms with Gasteiger partial charge in [-0.15, -0.1) is 0 Å². The highest BCUT2D eigenvalue weighted by atomic mass is 15.2. The molecule has 124 valence electrons. The van der Waals surface area contributed by atoms with E-state index in [4.69, 9.17) is 5.73 Å². The molecule has 4 atom stereocenters. The van der Waals surface area contributed by atoms with Crippen LogP contribution >= 0.6 is 0 Å². The van der Waals surface area contributed by atoms with Gasteiger partial charge in [-0.2, -0.15) is 9.97 Å². The predicted molar refractivity (Wildman–Crippen MR) is 91.2 cm³/mol. The number of H-pyrrole nitrogens is 1. The van der Waals surface area contributed by atoms with Crippen molar-refractivity contribution in [3.05, 3.63) is 6.33 Å². The molecule has 0 amide bonds. The summed E-state index contributed by atoms with van der Waals surface area (Å²) in [6.07, 6.45) is 6.79. The van der Waals surface area contributed by atoms with Crippen LogP contribution in [0, 0.1) is 11.8 Å². The van der Waals surface area contributed by atoms with Crippen LogP contribution in [0.4, 0.5) is 11.8 Å². The molecule has 0 bridgehead atoms. The Bertz CT molecular complexity index is 696. The summed E-state index contributed by atoms with van der Waals surface area (Å²) in [5.41, 5.74) is 7.38. The minimum absolute atomic E-state index is 0.289. The third kappa shape index (κ3) is 2.43. The fraction of sp³-hybridized carbons (Fsp3) is 0.688. The minimum atomic E-state index is 0.289. The van der Waals surface area contributed by atoms with Crippen molar-refractivity contribution in [2.45, 2.75) is 37.8 Å². The summed E-state index contributed by atoms with van der Waals surface area (Å²) in [6.45, 7) is 0. The van der Waals surface area contributed by atoms with Crippen LogP contribution in [-0.4, -0.2) is 58.1 Å². The van der Waals surface area contributed by atoms with Gasteiger partial charge in [-0.3, -0.25) is 0 Å². The van der Waals surface area contributed by atoms with Crippen LogP contribution in [0.15, 0.2) is 6.33 Å². The van der Waals surface area contributed by atoms with Gasteiger partial charge in [0.1, 0.15) is 5.52 Å². The van der Waals surface area contributed by atoms with E-state index in [0.29, 0.717) is 11.7 Å². The van der Waals surface area contributed by atoms with Gasteiger partial charge in [0.15, 0.2) is 11.5 Å². The second-order valence-corrected chi connectivity index (χ2v) is 7.35. The Balaban J connectivity index is 1.55. The zero-order valence-corrected chi connectivity index (χ0v) is 14.0. The van der Waals surface area contributed by atoms with Crippen molar-refractivity contribution in [3.8, 4) is 0 Å². The number of nitrogens with one attached hydrogen (secondary N) is 1. The third-order valence-corrected chi connectivity index (χ3v) is 5.86. The van der Waals surface area contributed by atoms with Gasteiger partial charge in [-0.05, 0) is 51.6 Å². The quantitative estimate of drug-likeness (QED) is 0.892. The highest BCUT2D eigenvalue weighted by Gasteiger charge is 2.43. The van der Waals surface area contributed by atoms with Crippen molar-refractivity contribution in [2.75, 3.05) is 31.8 Å². The van der Waals surface area contributed by atoms with E-state index >= 15 is 0 Å². The van der Waals surface area contributed by atoms with Gasteiger partial charge in [0.25, 0.3) is 0 Å². The molecule has 0 radical (unpaired) electrons. The van der Waals surface area contributed by atoms with E-state index in [1.165, 1.54) is 25.7 Å². The number of nitrogens with two attached hydrogens (primary N) is 1. The second kappa shape index (κ2) is 5.33. The van der Waals surface area contributed by atoms with E-state index in [2.05, 4.69) is 50.9 Å². The molecule has 2 saturated carbocycles. The van der Waals surface area contributed by atoms with Gasteiger partial charge in [-0.1, -0.05) is 0 Å². The molecule has 0 aliphatic heterocycles. The molecular weight excluding hydrogens is 290 g/mol. The van der Waals surface area contributed by atoms with Crippen LogP contribution in [-0.2, 0) is 0 Å². The number of rotatable bonds is 3. The molecule has 0 aromatic carbocycles. The number of hydrogen-bond donors (Lipinski definition) is 2. The summed E-state index contributed by atoms with van der Waals surface area (Å²) in [5, 5.41) is 0. The van der Waals surface area contributed by atoms with E-state index < -0.39 is 0 Å². The molecule has 2 unspecified atom stereocenters. The molecule has 2 aromatic heterocycles. The van der Waals surface area contributed by atoms with Gasteiger partial charge in [0, 0.05) is 19.1 Å². The first-order valence-electron chi connectivity index (χ1n) is 8.38. The normalized spacial score (nSPS) is 30.3. The number of nitrogens with zero attached hydrogens (tertiary/aromatic N) is 5. The largest absolute Gasteiger partial charge is 0.368 e. The lowest BCUT2D eigenvalue weighted by atomic mass is 10.0. The molecule has 4 rings (SSSR count). The highest BCUT2D eigenvalue weighted by Crippen LogP contribution is 2.47. The Hall–Kier alpha value is -1.89. The maximum absolute atomic E-state index is 5.86. The molecule has 0 spiro atoms. The van der Waals surface area contributed by atoms with Crippen molar-refractivity contribution < 1.29 is 0 Å². The van der Waals surface area contributed by atoms with Crippen LogP contribution < -0.4 is 10.6 Å². The van der Waals surface area contributed by atoms with Crippen LogP contribution in [0.25, 0.3) is 11.2 Å². The number of anilines is 2. The lowest BCUT2D eigenvalue weighted by Crippen LogP contribution is -2.32. The molecule has 3 N–H and O–H groups in total. The molecule has 0 saturated heterocycles. The Morgan fingerprint density at radius 2 is 1.70 bits per heavy atom. The van der Waals surface area contributed by atoms with Crippen molar-refractivity contribution >= 4 is 22.9 Å². The Kier molecular flexibility index (Phi) is 3.41. The molecule has 2 aliphatic carbocycles. The molecule has 7 nitrogen and oxygen atoms in total. The van der Waals surface area contributed by atoms with Gasteiger partial charge >= 0.3 is 0 Å². The molecule has 2 aromatic rings. The number of hydrogen-bond acceptors (Lipinski definition) is 6. The summed E-state index contributed by atoms with van der Waals surface area (Å²) in [7, 11) is 6.53. The number of imidazole rings is 1. The Labute approximate surface area is 136 Å². The maximum Gasteiger partial charge on any atom is 0.224 e. The topological polar surface area (TPSA) is 87.0 Å². The highest BCUT2D eigenvalue weighted by molar-refractivity contribution is 5.84. The van der Waals surface area contributed by atoms with E-state index in [1.54, 1.807) is 6.33 Å². The standard InChI is InChI=1S/C16H25N7/c1-22(2)11-4-9-6-12(7-10(9)5-11)23(3)15-13-14(19-8-18-13)20-16(17)21-15/h8-12H,4-7H2,1-3H3,(H3,17,18,19,20,21)/t9-,10+,11?,12?. The van der Waals surface area contributed by atoms with E-state index in [9.17, 15) is 0 Å². The van der Waals surface area contributed by atoms with Gasteiger partial charge in [0.2, 0.25) is 5.95 Å².